The molecule has 0 N–H and O–H groups in total. The first-order valence-corrected chi connectivity index (χ1v) is 13.3. The van der Waals surface area contributed by atoms with E-state index < -0.39 is 9.84 Å². The van der Waals surface area contributed by atoms with E-state index in [9.17, 15) is 13.2 Å². The Balaban J connectivity index is 1.43. The summed E-state index contributed by atoms with van der Waals surface area (Å²) in [6.07, 6.45) is 3.32. The van der Waals surface area contributed by atoms with Crippen molar-refractivity contribution in [2.75, 3.05) is 26.5 Å². The molecule has 0 aliphatic heterocycles. The Morgan fingerprint density at radius 3 is 2.59 bits per heavy atom. The van der Waals surface area contributed by atoms with Crippen LogP contribution < -0.4 is 4.74 Å². The predicted octanol–water partition coefficient (Wildman–Crippen LogP) is 5.01. The highest BCUT2D eigenvalue weighted by atomic mass is 32.2. The quantitative estimate of drug-likeness (QED) is 0.303. The summed E-state index contributed by atoms with van der Waals surface area (Å²) in [5.74, 6) is 0.968. The molecule has 0 bridgehead atoms. The number of nitrogens with zero attached hydrogens (tertiary/aromatic N) is 2. The standard InChI is InChI=1S/C25H24N2O5S2/c1-27(14-8-16-31-19-11-6-12-20(17-19)34(2,29)30)25(28)23-22(18-9-4-3-5-10-18)26-24(33-23)21-13-7-15-32-21/h3-7,9-13,15,17H,8,14,16H2,1-2H3. The molecule has 0 fully saturated rings. The fourth-order valence-electron chi connectivity index (χ4n) is 3.32. The maximum absolute atomic E-state index is 13.3. The van der Waals surface area contributed by atoms with Gasteiger partial charge < -0.3 is 14.1 Å². The molecule has 2 aromatic heterocycles. The number of thiazole rings is 1. The van der Waals surface area contributed by atoms with Crippen LogP contribution in [0.2, 0.25) is 0 Å². The van der Waals surface area contributed by atoms with E-state index in [2.05, 4.69) is 0 Å². The van der Waals surface area contributed by atoms with Gasteiger partial charge in [-0.15, -0.1) is 11.3 Å². The Labute approximate surface area is 202 Å². The minimum absolute atomic E-state index is 0.131. The molecule has 7 nitrogen and oxygen atoms in total. The maximum atomic E-state index is 13.3. The number of amides is 1. The molecule has 0 saturated heterocycles. The summed E-state index contributed by atoms with van der Waals surface area (Å²) in [5.41, 5.74) is 1.49. The predicted molar refractivity (Wildman–Crippen MR) is 132 cm³/mol. The summed E-state index contributed by atoms with van der Waals surface area (Å²) in [6, 6.07) is 19.6. The van der Waals surface area contributed by atoms with Crippen LogP contribution in [0, 0.1) is 0 Å². The van der Waals surface area contributed by atoms with E-state index in [0.29, 0.717) is 46.7 Å². The van der Waals surface area contributed by atoms with Crippen LogP contribution in [0.25, 0.3) is 22.0 Å². The van der Waals surface area contributed by atoms with Crippen LogP contribution in [0.1, 0.15) is 16.1 Å². The summed E-state index contributed by atoms with van der Waals surface area (Å²) in [6.45, 7) is 0.809. The number of carbonyl (C=O) groups is 1. The molecule has 9 heteroatoms. The highest BCUT2D eigenvalue weighted by Crippen LogP contribution is 2.34. The van der Waals surface area contributed by atoms with E-state index in [-0.39, 0.29) is 10.8 Å². The van der Waals surface area contributed by atoms with Crippen molar-refractivity contribution >= 4 is 27.1 Å². The Morgan fingerprint density at radius 1 is 1.09 bits per heavy atom. The summed E-state index contributed by atoms with van der Waals surface area (Å²) in [7, 11) is -1.55. The number of aromatic nitrogens is 1. The van der Waals surface area contributed by atoms with Gasteiger partial charge in [-0.1, -0.05) is 36.4 Å². The number of furan rings is 1. The maximum Gasteiger partial charge on any atom is 0.265 e. The van der Waals surface area contributed by atoms with Gasteiger partial charge in [0.2, 0.25) is 0 Å². The second-order valence-corrected chi connectivity index (χ2v) is 10.7. The van der Waals surface area contributed by atoms with E-state index in [4.69, 9.17) is 14.1 Å². The SMILES string of the molecule is CN(CCCOc1cccc(S(C)(=O)=O)c1)C(=O)c1sc(-c2ccco2)nc1-c1ccccc1. The van der Waals surface area contributed by atoms with Crippen molar-refractivity contribution in [2.24, 2.45) is 0 Å². The zero-order valence-corrected chi connectivity index (χ0v) is 20.4. The van der Waals surface area contributed by atoms with Gasteiger partial charge in [-0.2, -0.15) is 0 Å². The van der Waals surface area contributed by atoms with E-state index in [0.717, 1.165) is 11.8 Å². The number of carbonyl (C=O) groups excluding carboxylic acids is 1. The van der Waals surface area contributed by atoms with Gasteiger partial charge in [0.05, 0.1) is 23.5 Å². The van der Waals surface area contributed by atoms with E-state index in [1.165, 1.54) is 23.5 Å². The fourth-order valence-corrected chi connectivity index (χ4v) is 5.03. The lowest BCUT2D eigenvalue weighted by atomic mass is 10.1. The van der Waals surface area contributed by atoms with Crippen LogP contribution in [-0.2, 0) is 9.84 Å². The number of hydrogen-bond acceptors (Lipinski definition) is 7. The molecule has 0 unspecified atom stereocenters. The molecule has 0 aliphatic rings. The van der Waals surface area contributed by atoms with Crippen LogP contribution in [0.5, 0.6) is 5.75 Å². The molecule has 0 spiro atoms. The molecule has 0 aliphatic carbocycles. The van der Waals surface area contributed by atoms with E-state index in [1.54, 1.807) is 36.4 Å². The monoisotopic (exact) mass is 496 g/mol. The zero-order valence-electron chi connectivity index (χ0n) is 18.8. The van der Waals surface area contributed by atoms with Crippen molar-refractivity contribution in [2.45, 2.75) is 11.3 Å². The number of hydrogen-bond donors (Lipinski definition) is 0. The average Bonchev–Trinajstić information content (AvgIpc) is 3.52. The molecule has 2 heterocycles. The van der Waals surface area contributed by atoms with Gasteiger partial charge in [0, 0.05) is 25.4 Å². The first-order chi connectivity index (χ1) is 16.3. The molecule has 4 rings (SSSR count). The minimum Gasteiger partial charge on any atom is -0.493 e. The molecule has 34 heavy (non-hydrogen) atoms. The molecular weight excluding hydrogens is 472 g/mol. The van der Waals surface area contributed by atoms with Crippen LogP contribution in [0.4, 0.5) is 0 Å². The van der Waals surface area contributed by atoms with Crippen LogP contribution in [0.3, 0.4) is 0 Å². The van der Waals surface area contributed by atoms with Crippen LogP contribution in [-0.4, -0.2) is 50.7 Å². The van der Waals surface area contributed by atoms with Crippen molar-refractivity contribution in [3.8, 4) is 27.8 Å². The van der Waals surface area contributed by atoms with Gasteiger partial charge in [-0.05, 0) is 36.8 Å². The molecule has 0 radical (unpaired) electrons. The van der Waals surface area contributed by atoms with Crippen LogP contribution >= 0.6 is 11.3 Å². The van der Waals surface area contributed by atoms with Crippen LogP contribution in [0.15, 0.2) is 82.3 Å². The Hall–Kier alpha value is -3.43. The molecule has 4 aromatic rings. The summed E-state index contributed by atoms with van der Waals surface area (Å²) in [5, 5.41) is 0.648. The molecule has 2 aromatic carbocycles. The first-order valence-electron chi connectivity index (χ1n) is 10.6. The molecule has 1 amide bonds. The van der Waals surface area contributed by atoms with Gasteiger partial charge in [0.25, 0.3) is 5.91 Å². The third-order valence-corrected chi connectivity index (χ3v) is 7.26. The average molecular weight is 497 g/mol. The third-order valence-electron chi connectivity index (χ3n) is 5.09. The van der Waals surface area contributed by atoms with Crippen molar-refractivity contribution in [3.63, 3.8) is 0 Å². The van der Waals surface area contributed by atoms with Gasteiger partial charge in [0.15, 0.2) is 20.6 Å². The lowest BCUT2D eigenvalue weighted by Crippen LogP contribution is -2.28. The number of benzene rings is 2. The lowest BCUT2D eigenvalue weighted by molar-refractivity contribution is 0.0793. The Morgan fingerprint density at radius 2 is 1.88 bits per heavy atom. The normalized spacial score (nSPS) is 11.4. The van der Waals surface area contributed by atoms with Crippen molar-refractivity contribution in [1.29, 1.82) is 0 Å². The number of sulfone groups is 1. The fraction of sp³-hybridized carbons (Fsp3) is 0.200. The Kier molecular flexibility index (Phi) is 7.14. The second kappa shape index (κ2) is 10.2. The smallest absolute Gasteiger partial charge is 0.265 e. The number of ether oxygens (including phenoxy) is 1. The third kappa shape index (κ3) is 5.55. The minimum atomic E-state index is -3.30. The van der Waals surface area contributed by atoms with E-state index >= 15 is 0 Å². The highest BCUT2D eigenvalue weighted by Gasteiger charge is 2.23. The van der Waals surface area contributed by atoms with Gasteiger partial charge in [0.1, 0.15) is 10.6 Å². The lowest BCUT2D eigenvalue weighted by Gasteiger charge is -2.17. The topological polar surface area (TPSA) is 89.7 Å². The summed E-state index contributed by atoms with van der Waals surface area (Å²) in [4.78, 5) is 20.4. The molecule has 176 valence electrons. The van der Waals surface area contributed by atoms with E-state index in [1.807, 2.05) is 36.4 Å². The Bertz CT molecular complexity index is 1360. The number of rotatable bonds is 9. The summed E-state index contributed by atoms with van der Waals surface area (Å²) < 4.78 is 34.6. The summed E-state index contributed by atoms with van der Waals surface area (Å²) >= 11 is 1.30. The van der Waals surface area contributed by atoms with Crippen molar-refractivity contribution in [3.05, 3.63) is 77.9 Å². The van der Waals surface area contributed by atoms with Gasteiger partial charge in [-0.25, -0.2) is 13.4 Å². The second-order valence-electron chi connectivity index (χ2n) is 7.72. The van der Waals surface area contributed by atoms with Crippen molar-refractivity contribution in [1.82, 2.24) is 9.88 Å². The zero-order chi connectivity index (χ0) is 24.1. The van der Waals surface area contributed by atoms with Crippen molar-refractivity contribution < 1.29 is 22.4 Å². The highest BCUT2D eigenvalue weighted by molar-refractivity contribution is 7.90. The molecule has 0 saturated carbocycles. The molecule has 0 atom stereocenters. The molecular formula is C25H24N2O5S2. The largest absolute Gasteiger partial charge is 0.493 e. The first kappa shape index (κ1) is 23.7. The van der Waals surface area contributed by atoms with Gasteiger partial charge >= 0.3 is 0 Å². The van der Waals surface area contributed by atoms with Gasteiger partial charge in [-0.3, -0.25) is 4.79 Å².